The summed E-state index contributed by atoms with van der Waals surface area (Å²) in [6, 6.07) is 12.7. The third-order valence-electron chi connectivity index (χ3n) is 4.40. The molecular formula is C20H11F3N4O3. The lowest BCUT2D eigenvalue weighted by Crippen LogP contribution is -2.22. The van der Waals surface area contributed by atoms with Crippen LogP contribution in [0.3, 0.4) is 0 Å². The number of hydrogen-bond acceptors (Lipinski definition) is 5. The van der Waals surface area contributed by atoms with Crippen LogP contribution in [0.1, 0.15) is 5.56 Å². The third kappa shape index (κ3) is 3.39. The number of hydrogen-bond donors (Lipinski definition) is 0. The van der Waals surface area contributed by atoms with E-state index in [0.717, 1.165) is 22.9 Å². The minimum atomic E-state index is -4.56. The Balaban J connectivity index is 2.02. The minimum Gasteiger partial charge on any atom is -0.267 e. The highest BCUT2D eigenvalue weighted by Crippen LogP contribution is 2.33. The van der Waals surface area contributed by atoms with Gasteiger partial charge in [0.1, 0.15) is 11.2 Å². The lowest BCUT2D eigenvalue weighted by molar-refractivity contribution is -0.384. The predicted molar refractivity (Wildman–Crippen MR) is 102 cm³/mol. The number of pyridine rings is 1. The first kappa shape index (κ1) is 19.2. The number of nitrogens with zero attached hydrogens (tertiary/aromatic N) is 4. The maximum atomic E-state index is 13.2. The summed E-state index contributed by atoms with van der Waals surface area (Å²) in [5.41, 5.74) is -1.35. The topological polar surface area (TPSA) is 90.9 Å². The van der Waals surface area contributed by atoms with Crippen molar-refractivity contribution in [2.45, 2.75) is 6.18 Å². The Morgan fingerprint density at radius 2 is 1.77 bits per heavy atom. The van der Waals surface area contributed by atoms with Crippen molar-refractivity contribution in [1.82, 2.24) is 14.8 Å². The lowest BCUT2D eigenvalue weighted by Gasteiger charge is -2.12. The second kappa shape index (κ2) is 7.07. The normalized spacial score (nSPS) is 11.6. The van der Waals surface area contributed by atoms with E-state index in [2.05, 4.69) is 10.1 Å². The van der Waals surface area contributed by atoms with Gasteiger partial charge in [-0.05, 0) is 30.3 Å². The molecule has 30 heavy (non-hydrogen) atoms. The smallest absolute Gasteiger partial charge is 0.267 e. The van der Waals surface area contributed by atoms with E-state index < -0.39 is 22.2 Å². The first-order valence-corrected chi connectivity index (χ1v) is 8.56. The zero-order valence-electron chi connectivity index (χ0n) is 15.0. The molecule has 0 atom stereocenters. The first-order valence-electron chi connectivity index (χ1n) is 8.56. The summed E-state index contributed by atoms with van der Waals surface area (Å²) < 4.78 is 40.4. The van der Waals surface area contributed by atoms with Crippen molar-refractivity contribution in [2.75, 3.05) is 0 Å². The number of alkyl halides is 3. The van der Waals surface area contributed by atoms with Crippen LogP contribution in [0.5, 0.6) is 0 Å². The first-order chi connectivity index (χ1) is 14.3. The van der Waals surface area contributed by atoms with Crippen LogP contribution in [-0.2, 0) is 6.18 Å². The molecule has 150 valence electrons. The van der Waals surface area contributed by atoms with E-state index in [1.165, 1.54) is 48.7 Å². The molecule has 7 nitrogen and oxygen atoms in total. The molecule has 0 fully saturated rings. The van der Waals surface area contributed by atoms with E-state index in [1.807, 2.05) is 0 Å². The second-order valence-electron chi connectivity index (χ2n) is 6.32. The highest BCUT2D eigenvalue weighted by molar-refractivity contribution is 5.90. The van der Waals surface area contributed by atoms with Gasteiger partial charge < -0.3 is 0 Å². The molecule has 0 saturated carbocycles. The second-order valence-corrected chi connectivity index (χ2v) is 6.32. The van der Waals surface area contributed by atoms with Crippen molar-refractivity contribution < 1.29 is 18.1 Å². The molecule has 0 amide bonds. The molecule has 2 aromatic carbocycles. The summed E-state index contributed by atoms with van der Waals surface area (Å²) >= 11 is 0. The number of rotatable bonds is 3. The molecule has 0 unspecified atom stereocenters. The van der Waals surface area contributed by atoms with Gasteiger partial charge in [0, 0.05) is 23.9 Å². The Hall–Kier alpha value is -4.08. The van der Waals surface area contributed by atoms with Crippen molar-refractivity contribution in [3.05, 3.63) is 92.9 Å². The van der Waals surface area contributed by atoms with Gasteiger partial charge in [0.05, 0.1) is 21.6 Å². The predicted octanol–water partition coefficient (Wildman–Crippen LogP) is 4.37. The number of non-ortho nitro benzene ring substituents is 1. The molecule has 0 radical (unpaired) electrons. The van der Waals surface area contributed by atoms with Crippen LogP contribution >= 0.6 is 0 Å². The fourth-order valence-corrected chi connectivity index (χ4v) is 3.02. The maximum absolute atomic E-state index is 13.2. The van der Waals surface area contributed by atoms with E-state index in [9.17, 15) is 28.1 Å². The Kier molecular flexibility index (Phi) is 4.53. The molecule has 0 bridgehead atoms. The van der Waals surface area contributed by atoms with E-state index in [0.29, 0.717) is 0 Å². The van der Waals surface area contributed by atoms with Gasteiger partial charge in [0.25, 0.3) is 11.2 Å². The van der Waals surface area contributed by atoms with Crippen LogP contribution in [0.25, 0.3) is 27.8 Å². The summed E-state index contributed by atoms with van der Waals surface area (Å²) in [7, 11) is 0. The lowest BCUT2D eigenvalue weighted by atomic mass is 10.1. The quantitative estimate of drug-likeness (QED) is 0.368. The molecule has 10 heteroatoms. The molecule has 2 aromatic heterocycles. The molecule has 0 aliphatic rings. The number of nitro benzene ring substituents is 1. The van der Waals surface area contributed by atoms with Crippen molar-refractivity contribution in [3.8, 4) is 16.9 Å². The monoisotopic (exact) mass is 412 g/mol. The van der Waals surface area contributed by atoms with Crippen LogP contribution in [0, 0.1) is 10.1 Å². The van der Waals surface area contributed by atoms with E-state index >= 15 is 0 Å². The fourth-order valence-electron chi connectivity index (χ4n) is 3.02. The van der Waals surface area contributed by atoms with Crippen LogP contribution < -0.4 is 5.56 Å². The highest BCUT2D eigenvalue weighted by atomic mass is 19.4. The summed E-state index contributed by atoms with van der Waals surface area (Å²) in [5.74, 6) is 0. The maximum Gasteiger partial charge on any atom is 0.416 e. The van der Waals surface area contributed by atoms with Gasteiger partial charge in [0.2, 0.25) is 0 Å². The van der Waals surface area contributed by atoms with Crippen LogP contribution in [0.4, 0.5) is 18.9 Å². The fraction of sp³-hybridized carbons (Fsp3) is 0.0500. The SMILES string of the molecule is O=c1c2cccnc2c(-c2cccc(C(F)(F)F)c2)nn1-c1cccc([N+](=O)[O-])c1. The van der Waals surface area contributed by atoms with Gasteiger partial charge in [-0.15, -0.1) is 0 Å². The average molecular weight is 412 g/mol. The summed E-state index contributed by atoms with van der Waals surface area (Å²) in [4.78, 5) is 27.5. The molecule has 2 heterocycles. The number of nitro groups is 1. The standard InChI is InChI=1S/C20H11F3N4O3/c21-20(22,23)13-5-1-4-12(10-13)17-18-16(8-3-9-24-18)19(28)26(25-17)14-6-2-7-15(11-14)27(29)30/h1-11H. The Labute approximate surface area is 166 Å². The van der Waals surface area contributed by atoms with Crippen LogP contribution in [-0.4, -0.2) is 19.7 Å². The number of benzene rings is 2. The molecule has 4 aromatic rings. The van der Waals surface area contributed by atoms with Gasteiger partial charge in [-0.25, -0.2) is 0 Å². The van der Waals surface area contributed by atoms with Crippen molar-refractivity contribution in [3.63, 3.8) is 0 Å². The van der Waals surface area contributed by atoms with E-state index in [1.54, 1.807) is 0 Å². The van der Waals surface area contributed by atoms with E-state index in [-0.39, 0.29) is 33.5 Å². The van der Waals surface area contributed by atoms with E-state index in [4.69, 9.17) is 0 Å². The number of aromatic nitrogens is 3. The Morgan fingerprint density at radius 1 is 1.00 bits per heavy atom. The summed E-state index contributed by atoms with van der Waals surface area (Å²) in [6.07, 6.45) is -3.16. The molecule has 0 saturated heterocycles. The number of fused-ring (bicyclic) bond motifs is 1. The van der Waals surface area contributed by atoms with Crippen molar-refractivity contribution in [2.24, 2.45) is 0 Å². The van der Waals surface area contributed by atoms with Crippen molar-refractivity contribution in [1.29, 1.82) is 0 Å². The zero-order chi connectivity index (χ0) is 21.5. The van der Waals surface area contributed by atoms with Crippen molar-refractivity contribution >= 4 is 16.6 Å². The van der Waals surface area contributed by atoms with Gasteiger partial charge >= 0.3 is 6.18 Å². The Bertz CT molecular complexity index is 1350. The van der Waals surface area contributed by atoms with Gasteiger partial charge in [-0.2, -0.15) is 23.0 Å². The zero-order valence-corrected chi connectivity index (χ0v) is 15.0. The highest BCUT2D eigenvalue weighted by Gasteiger charge is 2.31. The molecule has 4 rings (SSSR count). The van der Waals surface area contributed by atoms with Crippen LogP contribution in [0.2, 0.25) is 0 Å². The third-order valence-corrected chi connectivity index (χ3v) is 4.40. The number of halogens is 3. The summed E-state index contributed by atoms with van der Waals surface area (Å²) in [5, 5.41) is 15.4. The van der Waals surface area contributed by atoms with Gasteiger partial charge in [-0.3, -0.25) is 19.9 Å². The molecular weight excluding hydrogens is 401 g/mol. The minimum absolute atomic E-state index is 0.0443. The van der Waals surface area contributed by atoms with Crippen LogP contribution in [0.15, 0.2) is 71.7 Å². The molecule has 0 spiro atoms. The molecule has 0 aliphatic heterocycles. The Morgan fingerprint density at radius 3 is 2.50 bits per heavy atom. The van der Waals surface area contributed by atoms with Gasteiger partial charge in [0.15, 0.2) is 0 Å². The largest absolute Gasteiger partial charge is 0.416 e. The van der Waals surface area contributed by atoms with Gasteiger partial charge in [-0.1, -0.05) is 18.2 Å². The molecule has 0 aliphatic carbocycles. The summed E-state index contributed by atoms with van der Waals surface area (Å²) in [6.45, 7) is 0. The molecule has 0 N–H and O–H groups in total. The average Bonchev–Trinajstić information content (AvgIpc) is 2.74.